The molecule has 0 bridgehead atoms. The molecule has 3 N–H and O–H groups in total. The van der Waals surface area contributed by atoms with E-state index in [-0.39, 0.29) is 41.8 Å². The summed E-state index contributed by atoms with van der Waals surface area (Å²) >= 11 is 0. The number of ether oxygens (including phenoxy) is 1. The van der Waals surface area contributed by atoms with E-state index in [4.69, 9.17) is 4.74 Å². The molecule has 0 spiro atoms. The van der Waals surface area contributed by atoms with E-state index < -0.39 is 5.82 Å². The molecule has 2 aromatic heterocycles. The Kier molecular flexibility index (Phi) is 6.00. The first kappa shape index (κ1) is 22.3. The van der Waals surface area contributed by atoms with E-state index >= 15 is 0 Å². The lowest BCUT2D eigenvalue weighted by molar-refractivity contribution is -0.129. The first-order chi connectivity index (χ1) is 16.9. The first-order valence-electron chi connectivity index (χ1n) is 11.1. The number of rotatable bonds is 5. The molecule has 2 aliphatic heterocycles. The number of carbonyl (C=O) groups is 2. The Morgan fingerprint density at radius 3 is 2.74 bits per heavy atom. The number of pyridine rings is 1. The van der Waals surface area contributed by atoms with Crippen molar-refractivity contribution in [2.45, 2.75) is 6.92 Å². The number of nitrogens with zero attached hydrogens (tertiary/aromatic N) is 5. The van der Waals surface area contributed by atoms with Crippen LogP contribution in [-0.4, -0.2) is 64.5 Å². The quantitative estimate of drug-likeness (QED) is 0.507. The number of amides is 2. The van der Waals surface area contributed by atoms with Crippen LogP contribution < -0.4 is 25.6 Å². The molecule has 12 heteroatoms. The summed E-state index contributed by atoms with van der Waals surface area (Å²) in [7, 11) is 0. The predicted octanol–water partition coefficient (Wildman–Crippen LogP) is 2.50. The molecule has 2 amide bonds. The monoisotopic (exact) mass is 478 g/mol. The molecular formula is C23H23FN8O3. The number of carbonyl (C=O) groups excluding carboxylic acids is 2. The van der Waals surface area contributed by atoms with Gasteiger partial charge in [0.2, 0.25) is 11.9 Å². The summed E-state index contributed by atoms with van der Waals surface area (Å²) in [6, 6.07) is 11.0. The van der Waals surface area contributed by atoms with E-state index in [0.717, 1.165) is 30.7 Å². The normalized spacial score (nSPS) is 15.1. The summed E-state index contributed by atoms with van der Waals surface area (Å²) in [5.41, 5.74) is 1.74. The molecule has 5 rings (SSSR count). The Morgan fingerprint density at radius 2 is 1.94 bits per heavy atom. The zero-order valence-electron chi connectivity index (χ0n) is 18.9. The van der Waals surface area contributed by atoms with Crippen molar-refractivity contribution in [2.24, 2.45) is 0 Å². The molecule has 4 heterocycles. The second kappa shape index (κ2) is 9.41. The first-order valence-corrected chi connectivity index (χ1v) is 11.1. The number of halogens is 1. The topological polar surface area (TPSA) is 125 Å². The molecule has 0 atom stereocenters. The van der Waals surface area contributed by atoms with Crippen molar-refractivity contribution < 1.29 is 18.7 Å². The van der Waals surface area contributed by atoms with Crippen LogP contribution in [0.4, 0.5) is 39.2 Å². The molecule has 0 saturated carbocycles. The fourth-order valence-corrected chi connectivity index (χ4v) is 3.86. The Hall–Kier alpha value is -4.48. The summed E-state index contributed by atoms with van der Waals surface area (Å²) < 4.78 is 19.7. The van der Waals surface area contributed by atoms with E-state index in [1.807, 2.05) is 29.2 Å². The van der Waals surface area contributed by atoms with Gasteiger partial charge >= 0.3 is 0 Å². The number of piperazine rings is 1. The Morgan fingerprint density at radius 1 is 1.11 bits per heavy atom. The van der Waals surface area contributed by atoms with E-state index in [9.17, 15) is 14.0 Å². The molecule has 0 unspecified atom stereocenters. The smallest absolute Gasteiger partial charge is 0.263 e. The number of hydrogen-bond donors (Lipinski definition) is 3. The lowest BCUT2D eigenvalue weighted by Gasteiger charge is -2.35. The Balaban J connectivity index is 1.29. The fourth-order valence-electron chi connectivity index (χ4n) is 3.86. The fraction of sp³-hybridized carbons (Fsp3) is 0.261. The summed E-state index contributed by atoms with van der Waals surface area (Å²) in [5.74, 6) is 0.198. The van der Waals surface area contributed by atoms with Gasteiger partial charge in [0, 0.05) is 44.5 Å². The van der Waals surface area contributed by atoms with Crippen LogP contribution in [0.1, 0.15) is 6.92 Å². The van der Waals surface area contributed by atoms with E-state index in [1.54, 1.807) is 19.1 Å². The van der Waals surface area contributed by atoms with Crippen molar-refractivity contribution in [2.75, 3.05) is 53.6 Å². The van der Waals surface area contributed by atoms with Gasteiger partial charge in [-0.25, -0.2) is 14.4 Å². The van der Waals surface area contributed by atoms with E-state index in [1.165, 1.54) is 0 Å². The molecule has 0 radical (unpaired) electrons. The van der Waals surface area contributed by atoms with Crippen molar-refractivity contribution in [1.82, 2.24) is 19.9 Å². The molecular weight excluding hydrogens is 455 g/mol. The molecule has 11 nitrogen and oxygen atoms in total. The maximum Gasteiger partial charge on any atom is 0.263 e. The molecule has 180 valence electrons. The SMILES string of the molecule is CC(=O)N1CCN(c2cccc(Nc3ncc(F)c(Nc4ccc5c(n4)NC(=O)CO5)n3)c2)CC1. The summed E-state index contributed by atoms with van der Waals surface area (Å²) in [6.07, 6.45) is 1.06. The lowest BCUT2D eigenvalue weighted by Crippen LogP contribution is -2.48. The zero-order chi connectivity index (χ0) is 24.4. The van der Waals surface area contributed by atoms with Gasteiger partial charge in [-0.2, -0.15) is 4.98 Å². The van der Waals surface area contributed by atoms with Gasteiger partial charge in [-0.3, -0.25) is 9.59 Å². The van der Waals surface area contributed by atoms with Crippen LogP contribution in [0.15, 0.2) is 42.6 Å². The number of anilines is 6. The van der Waals surface area contributed by atoms with Gasteiger partial charge in [-0.1, -0.05) is 6.07 Å². The zero-order valence-corrected chi connectivity index (χ0v) is 18.9. The van der Waals surface area contributed by atoms with Gasteiger partial charge in [0.25, 0.3) is 5.91 Å². The van der Waals surface area contributed by atoms with Crippen LogP contribution in [0.5, 0.6) is 5.75 Å². The third-order valence-electron chi connectivity index (χ3n) is 5.66. The van der Waals surface area contributed by atoms with Crippen molar-refractivity contribution in [3.63, 3.8) is 0 Å². The third-order valence-corrected chi connectivity index (χ3v) is 5.66. The molecule has 2 aliphatic rings. The van der Waals surface area contributed by atoms with Crippen molar-refractivity contribution >= 4 is 46.6 Å². The van der Waals surface area contributed by atoms with Gasteiger partial charge in [0.05, 0.1) is 6.20 Å². The van der Waals surface area contributed by atoms with E-state index in [2.05, 4.69) is 35.8 Å². The highest BCUT2D eigenvalue weighted by Gasteiger charge is 2.20. The Bertz CT molecular complexity index is 1280. The van der Waals surface area contributed by atoms with Crippen molar-refractivity contribution in [3.8, 4) is 5.75 Å². The van der Waals surface area contributed by atoms with Crippen LogP contribution in [-0.2, 0) is 9.59 Å². The second-order valence-corrected chi connectivity index (χ2v) is 8.06. The number of aromatic nitrogens is 3. The van der Waals surface area contributed by atoms with Gasteiger partial charge in [0.1, 0.15) is 5.82 Å². The van der Waals surface area contributed by atoms with Gasteiger partial charge in [-0.15, -0.1) is 0 Å². The highest BCUT2D eigenvalue weighted by molar-refractivity contribution is 5.94. The number of fused-ring (bicyclic) bond motifs is 1. The minimum atomic E-state index is -0.660. The predicted molar refractivity (Wildman–Crippen MR) is 128 cm³/mol. The molecule has 35 heavy (non-hydrogen) atoms. The minimum absolute atomic E-state index is 0.0745. The van der Waals surface area contributed by atoms with Gasteiger partial charge in [0.15, 0.2) is 29.8 Å². The lowest BCUT2D eigenvalue weighted by atomic mass is 10.2. The summed E-state index contributed by atoms with van der Waals surface area (Å²) in [4.78, 5) is 39.7. The summed E-state index contributed by atoms with van der Waals surface area (Å²) in [5, 5.41) is 8.52. The van der Waals surface area contributed by atoms with Crippen molar-refractivity contribution in [3.05, 3.63) is 48.4 Å². The minimum Gasteiger partial charge on any atom is -0.480 e. The van der Waals surface area contributed by atoms with E-state index in [0.29, 0.717) is 18.8 Å². The molecule has 1 aromatic carbocycles. The third kappa shape index (κ3) is 5.05. The number of nitrogens with one attached hydrogen (secondary N) is 3. The largest absolute Gasteiger partial charge is 0.480 e. The highest BCUT2D eigenvalue weighted by atomic mass is 19.1. The van der Waals surface area contributed by atoms with Gasteiger partial charge in [-0.05, 0) is 30.3 Å². The Labute approximate surface area is 200 Å². The van der Waals surface area contributed by atoms with Crippen LogP contribution >= 0.6 is 0 Å². The molecule has 0 aliphatic carbocycles. The standard InChI is InChI=1S/C23H23FN8O3/c1-14(33)31-7-9-32(10-8-31)16-4-2-3-15(11-16)26-23-25-12-17(24)21(30-23)27-19-6-5-18-22(28-19)29-20(34)13-35-18/h2-6,11-12H,7-10,13H2,1H3,(H3,25,26,27,28,29,30,34). The number of benzene rings is 1. The molecule has 3 aromatic rings. The van der Waals surface area contributed by atoms with Crippen molar-refractivity contribution in [1.29, 1.82) is 0 Å². The molecule has 1 fully saturated rings. The van der Waals surface area contributed by atoms with Crippen LogP contribution in [0.25, 0.3) is 0 Å². The average molecular weight is 478 g/mol. The second-order valence-electron chi connectivity index (χ2n) is 8.06. The molecule has 1 saturated heterocycles. The average Bonchev–Trinajstić information content (AvgIpc) is 2.86. The van der Waals surface area contributed by atoms with Crippen LogP contribution in [0.2, 0.25) is 0 Å². The number of hydrogen-bond acceptors (Lipinski definition) is 9. The van der Waals surface area contributed by atoms with Crippen LogP contribution in [0, 0.1) is 5.82 Å². The highest BCUT2D eigenvalue weighted by Crippen LogP contribution is 2.29. The van der Waals surface area contributed by atoms with Crippen LogP contribution in [0.3, 0.4) is 0 Å². The maximum absolute atomic E-state index is 14.4. The summed E-state index contributed by atoms with van der Waals surface area (Å²) in [6.45, 7) is 4.34. The van der Waals surface area contributed by atoms with Gasteiger partial charge < -0.3 is 30.5 Å². The maximum atomic E-state index is 14.4.